The molecule has 0 aliphatic rings. The molecule has 0 aliphatic heterocycles. The fourth-order valence-corrected chi connectivity index (χ4v) is 2.71. The van der Waals surface area contributed by atoms with Gasteiger partial charge in [-0.2, -0.15) is 0 Å². The minimum atomic E-state index is 0.574. The van der Waals surface area contributed by atoms with Crippen LogP contribution in [0.4, 0.5) is 0 Å². The van der Waals surface area contributed by atoms with Gasteiger partial charge in [-0.3, -0.25) is 0 Å². The third-order valence-corrected chi connectivity index (χ3v) is 4.24. The van der Waals surface area contributed by atoms with E-state index in [9.17, 15) is 0 Å². The first kappa shape index (κ1) is 20.5. The number of aromatic nitrogens is 1. The predicted molar refractivity (Wildman–Crippen MR) is 117 cm³/mol. The smallest absolute Gasteiger partial charge is 0.226 e. The van der Waals surface area contributed by atoms with E-state index in [4.69, 9.17) is 13.9 Å². The van der Waals surface area contributed by atoms with Crippen LogP contribution < -0.4 is 9.47 Å². The normalized spacial score (nSPS) is 11.4. The molecule has 4 nitrogen and oxygen atoms in total. The van der Waals surface area contributed by atoms with Crippen molar-refractivity contribution in [2.45, 2.75) is 26.7 Å². The topological polar surface area (TPSA) is 44.5 Å². The number of hydrogen-bond acceptors (Lipinski definition) is 4. The van der Waals surface area contributed by atoms with Gasteiger partial charge in [0, 0.05) is 11.1 Å². The number of rotatable bonds is 10. The van der Waals surface area contributed by atoms with E-state index in [1.165, 1.54) is 0 Å². The Morgan fingerprint density at radius 2 is 1.24 bits per heavy atom. The van der Waals surface area contributed by atoms with Crippen molar-refractivity contribution in [1.82, 2.24) is 4.98 Å². The van der Waals surface area contributed by atoms with Crippen LogP contribution in [0.2, 0.25) is 0 Å². The Morgan fingerprint density at radius 1 is 0.724 bits per heavy atom. The number of oxazole rings is 1. The van der Waals surface area contributed by atoms with E-state index < -0.39 is 0 Å². The molecular formula is C25H27NO3. The van der Waals surface area contributed by atoms with Gasteiger partial charge < -0.3 is 13.9 Å². The van der Waals surface area contributed by atoms with Crippen LogP contribution in [0, 0.1) is 0 Å². The molecule has 0 amide bonds. The summed E-state index contributed by atoms with van der Waals surface area (Å²) in [6, 6.07) is 15.6. The first-order valence-corrected chi connectivity index (χ1v) is 10.0. The SMILES string of the molecule is CCC=CCOc1ccc(-c2cnc(-c3ccc(OCC=CCC)cc3)o2)cc1. The maximum Gasteiger partial charge on any atom is 0.226 e. The van der Waals surface area contributed by atoms with Crippen molar-refractivity contribution in [2.75, 3.05) is 13.2 Å². The van der Waals surface area contributed by atoms with Gasteiger partial charge in [0.25, 0.3) is 0 Å². The summed E-state index contributed by atoms with van der Waals surface area (Å²) in [7, 11) is 0. The lowest BCUT2D eigenvalue weighted by atomic mass is 10.2. The van der Waals surface area contributed by atoms with Crippen LogP contribution in [0.5, 0.6) is 11.5 Å². The number of allylic oxidation sites excluding steroid dienone is 2. The lowest BCUT2D eigenvalue weighted by molar-refractivity contribution is 0.362. The van der Waals surface area contributed by atoms with E-state index in [1.807, 2.05) is 60.7 Å². The van der Waals surface area contributed by atoms with Gasteiger partial charge in [0.15, 0.2) is 5.76 Å². The van der Waals surface area contributed by atoms with Crippen LogP contribution in [-0.4, -0.2) is 18.2 Å². The van der Waals surface area contributed by atoms with Crippen LogP contribution in [0.25, 0.3) is 22.8 Å². The second-order valence-corrected chi connectivity index (χ2v) is 6.46. The minimum absolute atomic E-state index is 0.574. The molecule has 29 heavy (non-hydrogen) atoms. The van der Waals surface area contributed by atoms with Crippen molar-refractivity contribution in [1.29, 1.82) is 0 Å². The molecule has 0 aliphatic carbocycles. The number of benzene rings is 2. The molecule has 0 radical (unpaired) electrons. The van der Waals surface area contributed by atoms with E-state index in [1.54, 1.807) is 6.20 Å². The van der Waals surface area contributed by atoms with Gasteiger partial charge in [-0.05, 0) is 61.4 Å². The maximum atomic E-state index is 5.95. The second kappa shape index (κ2) is 10.9. The lowest BCUT2D eigenvalue weighted by Crippen LogP contribution is -1.92. The lowest BCUT2D eigenvalue weighted by Gasteiger charge is -2.04. The summed E-state index contributed by atoms with van der Waals surface area (Å²) < 4.78 is 17.3. The predicted octanol–water partition coefficient (Wildman–Crippen LogP) is 6.70. The van der Waals surface area contributed by atoms with Gasteiger partial charge in [-0.1, -0.05) is 38.2 Å². The quantitative estimate of drug-likeness (QED) is 0.362. The van der Waals surface area contributed by atoms with E-state index >= 15 is 0 Å². The van der Waals surface area contributed by atoms with Gasteiger partial charge in [0.05, 0.1) is 6.20 Å². The van der Waals surface area contributed by atoms with Crippen LogP contribution >= 0.6 is 0 Å². The number of hydrogen-bond donors (Lipinski definition) is 0. The molecule has 0 fully saturated rings. The Bertz CT molecular complexity index is 845. The largest absolute Gasteiger partial charge is 0.490 e. The molecule has 0 unspecified atom stereocenters. The molecule has 0 bridgehead atoms. The van der Waals surface area contributed by atoms with E-state index in [2.05, 4.69) is 31.0 Å². The van der Waals surface area contributed by atoms with Crippen molar-refractivity contribution in [3.8, 4) is 34.3 Å². The minimum Gasteiger partial charge on any atom is -0.490 e. The molecule has 0 N–H and O–H groups in total. The molecule has 0 atom stereocenters. The van der Waals surface area contributed by atoms with Gasteiger partial charge in [0.1, 0.15) is 24.7 Å². The third-order valence-electron chi connectivity index (χ3n) is 4.24. The molecule has 1 aromatic heterocycles. The first-order chi connectivity index (χ1) is 14.3. The molecular weight excluding hydrogens is 362 g/mol. The number of nitrogens with zero attached hydrogens (tertiary/aromatic N) is 1. The molecule has 0 spiro atoms. The summed E-state index contributed by atoms with van der Waals surface area (Å²) in [5.41, 5.74) is 1.87. The zero-order valence-corrected chi connectivity index (χ0v) is 17.0. The van der Waals surface area contributed by atoms with Crippen LogP contribution in [0.1, 0.15) is 26.7 Å². The van der Waals surface area contributed by atoms with Gasteiger partial charge in [-0.15, -0.1) is 0 Å². The van der Waals surface area contributed by atoms with E-state index in [0.29, 0.717) is 19.1 Å². The van der Waals surface area contributed by atoms with Crippen molar-refractivity contribution < 1.29 is 13.9 Å². The summed E-state index contributed by atoms with van der Waals surface area (Å²) in [6.07, 6.45) is 12.0. The molecule has 0 saturated heterocycles. The average molecular weight is 389 g/mol. The Kier molecular flexibility index (Phi) is 7.70. The molecule has 1 heterocycles. The highest BCUT2D eigenvalue weighted by Crippen LogP contribution is 2.28. The highest BCUT2D eigenvalue weighted by atomic mass is 16.5. The Labute approximate surface area is 172 Å². The summed E-state index contributed by atoms with van der Waals surface area (Å²) in [4.78, 5) is 4.41. The van der Waals surface area contributed by atoms with Crippen molar-refractivity contribution in [2.24, 2.45) is 0 Å². The van der Waals surface area contributed by atoms with Gasteiger partial charge >= 0.3 is 0 Å². The third kappa shape index (κ3) is 6.11. The average Bonchev–Trinajstić information content (AvgIpc) is 3.25. The fraction of sp³-hybridized carbons (Fsp3) is 0.240. The second-order valence-electron chi connectivity index (χ2n) is 6.46. The molecule has 3 aromatic rings. The number of ether oxygens (including phenoxy) is 2. The summed E-state index contributed by atoms with van der Waals surface area (Å²) in [6.45, 7) is 5.36. The standard InChI is InChI=1S/C25H27NO3/c1-3-5-7-17-27-22-13-9-20(10-14-22)24-19-26-25(29-24)21-11-15-23(16-12-21)28-18-8-6-4-2/h5-16,19H,3-4,17-18H2,1-2H3. The zero-order valence-electron chi connectivity index (χ0n) is 17.0. The van der Waals surface area contributed by atoms with Gasteiger partial charge in [-0.25, -0.2) is 4.98 Å². The Morgan fingerprint density at radius 3 is 1.76 bits per heavy atom. The summed E-state index contributed by atoms with van der Waals surface area (Å²) in [5.74, 6) is 2.97. The monoisotopic (exact) mass is 389 g/mol. The van der Waals surface area contributed by atoms with Crippen LogP contribution in [-0.2, 0) is 0 Å². The fourth-order valence-electron chi connectivity index (χ4n) is 2.71. The molecule has 2 aromatic carbocycles. The van der Waals surface area contributed by atoms with Crippen LogP contribution in [0.15, 0.2) is 83.4 Å². The van der Waals surface area contributed by atoms with Crippen molar-refractivity contribution in [3.63, 3.8) is 0 Å². The van der Waals surface area contributed by atoms with E-state index in [0.717, 1.165) is 41.2 Å². The summed E-state index contributed by atoms with van der Waals surface area (Å²) >= 11 is 0. The molecule has 150 valence electrons. The van der Waals surface area contributed by atoms with Crippen molar-refractivity contribution >= 4 is 0 Å². The van der Waals surface area contributed by atoms with Gasteiger partial charge in [0.2, 0.25) is 5.89 Å². The highest BCUT2D eigenvalue weighted by Gasteiger charge is 2.09. The molecule has 0 saturated carbocycles. The molecule has 3 rings (SSSR count). The highest BCUT2D eigenvalue weighted by molar-refractivity contribution is 5.62. The zero-order chi connectivity index (χ0) is 20.3. The van der Waals surface area contributed by atoms with Crippen LogP contribution in [0.3, 0.4) is 0 Å². The Balaban J connectivity index is 1.61. The maximum absolute atomic E-state index is 5.95. The van der Waals surface area contributed by atoms with Crippen molar-refractivity contribution in [3.05, 3.63) is 79.0 Å². The summed E-state index contributed by atoms with van der Waals surface area (Å²) in [5, 5.41) is 0. The Hall–Kier alpha value is -3.27. The van der Waals surface area contributed by atoms with E-state index in [-0.39, 0.29) is 0 Å². The molecule has 4 heteroatoms. The first-order valence-electron chi connectivity index (χ1n) is 10.0.